The average molecular weight is 327 g/mol. The first kappa shape index (κ1) is 16.3. The highest BCUT2D eigenvalue weighted by Gasteiger charge is 2.24. The predicted molar refractivity (Wildman–Crippen MR) is 98.6 cm³/mol. The number of rotatable bonds is 4. The second-order valence-electron chi connectivity index (χ2n) is 6.80. The normalized spacial score (nSPS) is 17.1. The standard InChI is InChI=1S/C20H25NOS/c1-4-14-5-10-17-18(12-23-19(17)11-14)20(22)21-16-8-6-15(7-9-16)13(2)3/h6-9,12-14H,4-5,10-11H2,1-3H3,(H,21,22). The van der Waals surface area contributed by atoms with Crippen LogP contribution in [0.3, 0.4) is 0 Å². The number of thiophene rings is 1. The van der Waals surface area contributed by atoms with Gasteiger partial charge in [-0.3, -0.25) is 4.79 Å². The Kier molecular flexibility index (Phi) is 4.86. The van der Waals surface area contributed by atoms with Gasteiger partial charge < -0.3 is 5.32 Å². The Balaban J connectivity index is 1.73. The minimum absolute atomic E-state index is 0.0368. The summed E-state index contributed by atoms with van der Waals surface area (Å²) in [5, 5.41) is 5.10. The maximum absolute atomic E-state index is 12.6. The van der Waals surface area contributed by atoms with Crippen molar-refractivity contribution >= 4 is 22.9 Å². The molecule has 1 aliphatic carbocycles. The van der Waals surface area contributed by atoms with Gasteiger partial charge in [0.25, 0.3) is 5.91 Å². The summed E-state index contributed by atoms with van der Waals surface area (Å²) < 4.78 is 0. The fraction of sp³-hybridized carbons (Fsp3) is 0.450. The maximum atomic E-state index is 12.6. The van der Waals surface area contributed by atoms with Crippen molar-refractivity contribution in [1.82, 2.24) is 0 Å². The molecule has 1 aromatic carbocycles. The largest absolute Gasteiger partial charge is 0.322 e. The van der Waals surface area contributed by atoms with E-state index in [1.165, 1.54) is 28.8 Å². The molecule has 1 atom stereocenters. The van der Waals surface area contributed by atoms with Gasteiger partial charge in [-0.2, -0.15) is 0 Å². The topological polar surface area (TPSA) is 29.1 Å². The average Bonchev–Trinajstić information content (AvgIpc) is 2.98. The molecular formula is C20H25NOS. The fourth-order valence-electron chi connectivity index (χ4n) is 3.27. The lowest BCUT2D eigenvalue weighted by molar-refractivity contribution is 0.102. The number of carbonyl (C=O) groups excluding carboxylic acids is 1. The van der Waals surface area contributed by atoms with E-state index in [-0.39, 0.29) is 5.91 Å². The third-order valence-electron chi connectivity index (χ3n) is 4.91. The third kappa shape index (κ3) is 3.50. The Bertz CT molecular complexity index is 684. The third-order valence-corrected chi connectivity index (χ3v) is 5.97. The van der Waals surface area contributed by atoms with Gasteiger partial charge in [0.1, 0.15) is 0 Å². The van der Waals surface area contributed by atoms with Crippen LogP contribution in [0.1, 0.15) is 65.9 Å². The number of hydrogen-bond acceptors (Lipinski definition) is 2. The molecule has 3 rings (SSSR count). The van der Waals surface area contributed by atoms with Crippen LogP contribution in [0.4, 0.5) is 5.69 Å². The lowest BCUT2D eigenvalue weighted by Gasteiger charge is -2.21. The van der Waals surface area contributed by atoms with E-state index in [0.717, 1.165) is 30.0 Å². The molecule has 2 nitrogen and oxygen atoms in total. The van der Waals surface area contributed by atoms with Gasteiger partial charge in [0.15, 0.2) is 0 Å². The van der Waals surface area contributed by atoms with E-state index in [2.05, 4.69) is 38.2 Å². The van der Waals surface area contributed by atoms with Crippen LogP contribution < -0.4 is 5.32 Å². The van der Waals surface area contributed by atoms with Gasteiger partial charge in [0.2, 0.25) is 0 Å². The molecule has 2 aromatic rings. The van der Waals surface area contributed by atoms with Crippen molar-refractivity contribution in [3.05, 3.63) is 51.2 Å². The van der Waals surface area contributed by atoms with E-state index < -0.39 is 0 Å². The van der Waals surface area contributed by atoms with E-state index in [1.54, 1.807) is 11.3 Å². The molecule has 0 radical (unpaired) electrons. The lowest BCUT2D eigenvalue weighted by Crippen LogP contribution is -2.17. The molecule has 0 saturated heterocycles. The summed E-state index contributed by atoms with van der Waals surface area (Å²) in [4.78, 5) is 14.0. The number of anilines is 1. The molecule has 1 amide bonds. The number of amides is 1. The van der Waals surface area contributed by atoms with Gasteiger partial charge in [-0.1, -0.05) is 39.3 Å². The molecule has 1 aliphatic rings. The van der Waals surface area contributed by atoms with Gasteiger partial charge in [-0.25, -0.2) is 0 Å². The van der Waals surface area contributed by atoms with E-state index >= 15 is 0 Å². The monoisotopic (exact) mass is 327 g/mol. The van der Waals surface area contributed by atoms with Crippen LogP contribution in [-0.2, 0) is 12.8 Å². The van der Waals surface area contributed by atoms with Crippen molar-refractivity contribution in [2.24, 2.45) is 5.92 Å². The van der Waals surface area contributed by atoms with Crippen molar-refractivity contribution < 1.29 is 4.79 Å². The Morgan fingerprint density at radius 2 is 2.04 bits per heavy atom. The van der Waals surface area contributed by atoms with Crippen molar-refractivity contribution in [2.45, 2.75) is 52.4 Å². The summed E-state index contributed by atoms with van der Waals surface area (Å²) in [5.74, 6) is 1.34. The molecule has 122 valence electrons. The van der Waals surface area contributed by atoms with Gasteiger partial charge in [-0.05, 0) is 54.4 Å². The van der Waals surface area contributed by atoms with Crippen molar-refractivity contribution in [1.29, 1.82) is 0 Å². The van der Waals surface area contributed by atoms with Crippen LogP contribution in [-0.4, -0.2) is 5.91 Å². The zero-order chi connectivity index (χ0) is 16.4. The first-order valence-electron chi connectivity index (χ1n) is 8.59. The fourth-order valence-corrected chi connectivity index (χ4v) is 4.47. The second-order valence-corrected chi connectivity index (χ2v) is 7.76. The van der Waals surface area contributed by atoms with Crippen LogP contribution in [0.25, 0.3) is 0 Å². The summed E-state index contributed by atoms with van der Waals surface area (Å²) in [7, 11) is 0. The summed E-state index contributed by atoms with van der Waals surface area (Å²) in [6.07, 6.45) is 4.64. The van der Waals surface area contributed by atoms with Gasteiger partial charge in [-0.15, -0.1) is 11.3 Å². The van der Waals surface area contributed by atoms with Gasteiger partial charge in [0, 0.05) is 15.9 Å². The number of nitrogens with one attached hydrogen (secondary N) is 1. The van der Waals surface area contributed by atoms with Crippen molar-refractivity contribution in [3.63, 3.8) is 0 Å². The summed E-state index contributed by atoms with van der Waals surface area (Å²) in [6, 6.07) is 8.18. The zero-order valence-electron chi connectivity index (χ0n) is 14.2. The molecule has 0 spiro atoms. The molecule has 1 N–H and O–H groups in total. The Hall–Kier alpha value is -1.61. The molecule has 3 heteroatoms. The van der Waals surface area contributed by atoms with E-state index in [4.69, 9.17) is 0 Å². The van der Waals surface area contributed by atoms with Crippen LogP contribution in [0.2, 0.25) is 0 Å². The minimum atomic E-state index is 0.0368. The number of fused-ring (bicyclic) bond motifs is 1. The summed E-state index contributed by atoms with van der Waals surface area (Å²) >= 11 is 1.76. The zero-order valence-corrected chi connectivity index (χ0v) is 15.0. The first-order valence-corrected chi connectivity index (χ1v) is 9.47. The van der Waals surface area contributed by atoms with E-state index in [1.807, 2.05) is 17.5 Å². The molecule has 0 aliphatic heterocycles. The SMILES string of the molecule is CCC1CCc2c(C(=O)Nc3ccc(C(C)C)cc3)csc2C1. The van der Waals surface area contributed by atoms with Crippen LogP contribution >= 0.6 is 11.3 Å². The second kappa shape index (κ2) is 6.88. The molecular weight excluding hydrogens is 302 g/mol. The number of hydrogen-bond donors (Lipinski definition) is 1. The van der Waals surface area contributed by atoms with E-state index in [9.17, 15) is 4.79 Å². The highest BCUT2D eigenvalue weighted by molar-refractivity contribution is 7.10. The number of carbonyl (C=O) groups is 1. The van der Waals surface area contributed by atoms with Crippen molar-refractivity contribution in [2.75, 3.05) is 5.32 Å². The molecule has 0 fully saturated rings. The Morgan fingerprint density at radius 1 is 1.30 bits per heavy atom. The Labute approximate surface area is 142 Å². The molecule has 1 heterocycles. The lowest BCUT2D eigenvalue weighted by atomic mass is 9.86. The molecule has 1 aromatic heterocycles. The molecule has 1 unspecified atom stereocenters. The maximum Gasteiger partial charge on any atom is 0.256 e. The van der Waals surface area contributed by atoms with Crippen LogP contribution in [0.15, 0.2) is 29.6 Å². The first-order chi connectivity index (χ1) is 11.1. The van der Waals surface area contributed by atoms with Crippen LogP contribution in [0, 0.1) is 5.92 Å². The predicted octanol–water partition coefficient (Wildman–Crippen LogP) is 5.64. The van der Waals surface area contributed by atoms with Gasteiger partial charge >= 0.3 is 0 Å². The summed E-state index contributed by atoms with van der Waals surface area (Å²) in [5.41, 5.74) is 4.34. The van der Waals surface area contributed by atoms with E-state index in [0.29, 0.717) is 5.92 Å². The quantitative estimate of drug-likeness (QED) is 0.773. The molecule has 0 bridgehead atoms. The summed E-state index contributed by atoms with van der Waals surface area (Å²) in [6.45, 7) is 6.61. The minimum Gasteiger partial charge on any atom is -0.322 e. The molecule has 23 heavy (non-hydrogen) atoms. The van der Waals surface area contributed by atoms with Crippen molar-refractivity contribution in [3.8, 4) is 0 Å². The van der Waals surface area contributed by atoms with Gasteiger partial charge in [0.05, 0.1) is 5.56 Å². The van der Waals surface area contributed by atoms with Crippen LogP contribution in [0.5, 0.6) is 0 Å². The smallest absolute Gasteiger partial charge is 0.256 e. The highest BCUT2D eigenvalue weighted by Crippen LogP contribution is 2.34. The number of benzene rings is 1. The molecule has 0 saturated carbocycles. The Morgan fingerprint density at radius 3 is 2.70 bits per heavy atom. The highest BCUT2D eigenvalue weighted by atomic mass is 32.1.